The molecule has 14 heavy (non-hydrogen) atoms. The van der Waals surface area contributed by atoms with Crippen LogP contribution in [0.25, 0.3) is 5.69 Å². The lowest BCUT2D eigenvalue weighted by Gasteiger charge is -2.05. The van der Waals surface area contributed by atoms with Crippen molar-refractivity contribution in [3.05, 3.63) is 47.5 Å². The summed E-state index contributed by atoms with van der Waals surface area (Å²) in [7, 11) is 0. The standard InChI is InChI=1S/C10H7ClN2O/c11-9-3-1-2-4-10(9)13-7-12-5-8(13)6-14/h1-7H. The summed E-state index contributed by atoms with van der Waals surface area (Å²) in [6.45, 7) is 0. The molecule has 0 amide bonds. The molecule has 0 aliphatic heterocycles. The zero-order valence-corrected chi connectivity index (χ0v) is 7.98. The first-order valence-electron chi connectivity index (χ1n) is 4.05. The highest BCUT2D eigenvalue weighted by Gasteiger charge is 2.05. The highest BCUT2D eigenvalue weighted by Crippen LogP contribution is 2.20. The van der Waals surface area contributed by atoms with Crippen molar-refractivity contribution in [1.29, 1.82) is 0 Å². The lowest BCUT2D eigenvalue weighted by atomic mass is 10.3. The number of benzene rings is 1. The number of carbonyl (C=O) groups excluding carboxylic acids is 1. The van der Waals surface area contributed by atoms with E-state index < -0.39 is 0 Å². The van der Waals surface area contributed by atoms with Crippen molar-refractivity contribution < 1.29 is 4.79 Å². The maximum Gasteiger partial charge on any atom is 0.168 e. The number of nitrogens with zero attached hydrogens (tertiary/aromatic N) is 2. The highest BCUT2D eigenvalue weighted by molar-refractivity contribution is 6.32. The van der Waals surface area contributed by atoms with Gasteiger partial charge in [-0.1, -0.05) is 23.7 Å². The van der Waals surface area contributed by atoms with Crippen LogP contribution in [-0.4, -0.2) is 15.8 Å². The topological polar surface area (TPSA) is 34.9 Å². The minimum atomic E-state index is 0.484. The molecule has 70 valence electrons. The van der Waals surface area contributed by atoms with Gasteiger partial charge in [0.1, 0.15) is 5.69 Å². The van der Waals surface area contributed by atoms with Gasteiger partial charge in [-0.3, -0.25) is 9.36 Å². The lowest BCUT2D eigenvalue weighted by Crippen LogP contribution is -1.97. The zero-order chi connectivity index (χ0) is 9.97. The van der Waals surface area contributed by atoms with E-state index in [2.05, 4.69) is 4.98 Å². The van der Waals surface area contributed by atoms with Gasteiger partial charge in [0.2, 0.25) is 0 Å². The second kappa shape index (κ2) is 3.64. The number of hydrogen-bond donors (Lipinski definition) is 0. The van der Waals surface area contributed by atoms with E-state index in [0.29, 0.717) is 10.7 Å². The third kappa shape index (κ3) is 1.42. The minimum Gasteiger partial charge on any atom is -0.296 e. The van der Waals surface area contributed by atoms with Crippen molar-refractivity contribution in [2.24, 2.45) is 0 Å². The van der Waals surface area contributed by atoms with Crippen LogP contribution < -0.4 is 0 Å². The quantitative estimate of drug-likeness (QED) is 0.707. The van der Waals surface area contributed by atoms with Crippen LogP contribution in [0.1, 0.15) is 10.5 Å². The molecule has 0 saturated carbocycles. The normalized spacial score (nSPS) is 10.1. The predicted molar refractivity (Wildman–Crippen MR) is 54.0 cm³/mol. The molecule has 0 radical (unpaired) electrons. The Morgan fingerprint density at radius 2 is 2.14 bits per heavy atom. The Kier molecular flexibility index (Phi) is 2.33. The van der Waals surface area contributed by atoms with Crippen molar-refractivity contribution in [1.82, 2.24) is 9.55 Å². The summed E-state index contributed by atoms with van der Waals surface area (Å²) in [6, 6.07) is 7.29. The van der Waals surface area contributed by atoms with E-state index in [-0.39, 0.29) is 0 Å². The molecule has 3 nitrogen and oxygen atoms in total. The predicted octanol–water partition coefficient (Wildman–Crippen LogP) is 2.34. The highest BCUT2D eigenvalue weighted by atomic mass is 35.5. The Balaban J connectivity index is 2.60. The van der Waals surface area contributed by atoms with Gasteiger partial charge in [0.25, 0.3) is 0 Å². The second-order valence-electron chi connectivity index (χ2n) is 2.76. The van der Waals surface area contributed by atoms with Crippen molar-refractivity contribution >= 4 is 17.9 Å². The number of halogens is 1. The third-order valence-corrected chi connectivity index (χ3v) is 2.22. The maximum atomic E-state index is 10.7. The maximum absolute atomic E-state index is 10.7. The monoisotopic (exact) mass is 206 g/mol. The van der Waals surface area contributed by atoms with Gasteiger partial charge in [-0.2, -0.15) is 0 Å². The van der Waals surface area contributed by atoms with Crippen molar-refractivity contribution in [3.63, 3.8) is 0 Å². The van der Waals surface area contributed by atoms with Gasteiger partial charge in [-0.05, 0) is 12.1 Å². The molecule has 0 unspecified atom stereocenters. The largest absolute Gasteiger partial charge is 0.296 e. The van der Waals surface area contributed by atoms with Crippen molar-refractivity contribution in [3.8, 4) is 5.69 Å². The number of carbonyl (C=O) groups is 1. The van der Waals surface area contributed by atoms with Gasteiger partial charge >= 0.3 is 0 Å². The number of aromatic nitrogens is 2. The summed E-state index contributed by atoms with van der Waals surface area (Å²) >= 11 is 5.98. The van der Waals surface area contributed by atoms with Crippen LogP contribution in [0.5, 0.6) is 0 Å². The summed E-state index contributed by atoms with van der Waals surface area (Å²) < 4.78 is 1.65. The summed E-state index contributed by atoms with van der Waals surface area (Å²) in [5, 5.41) is 0.591. The van der Waals surface area contributed by atoms with Gasteiger partial charge in [0.15, 0.2) is 6.29 Å². The Bertz CT molecular complexity index is 465. The van der Waals surface area contributed by atoms with E-state index >= 15 is 0 Å². The summed E-state index contributed by atoms with van der Waals surface area (Å²) in [4.78, 5) is 14.6. The first kappa shape index (κ1) is 8.97. The van der Waals surface area contributed by atoms with E-state index in [9.17, 15) is 4.79 Å². The van der Waals surface area contributed by atoms with Gasteiger partial charge < -0.3 is 0 Å². The smallest absolute Gasteiger partial charge is 0.168 e. The Hall–Kier alpha value is -1.61. The molecule has 4 heteroatoms. The molecule has 0 atom stereocenters. The fraction of sp³-hybridized carbons (Fsp3) is 0. The summed E-state index contributed by atoms with van der Waals surface area (Å²) in [5.74, 6) is 0. The average molecular weight is 207 g/mol. The molecule has 0 fully saturated rings. The van der Waals surface area contributed by atoms with Crippen LogP contribution in [0.15, 0.2) is 36.8 Å². The SMILES string of the molecule is O=Cc1cncn1-c1ccccc1Cl. The van der Waals surface area contributed by atoms with Crippen LogP contribution in [0.4, 0.5) is 0 Å². The van der Waals surface area contributed by atoms with Crippen LogP contribution in [0, 0.1) is 0 Å². The van der Waals surface area contributed by atoms with E-state index in [1.165, 1.54) is 6.20 Å². The number of hydrogen-bond acceptors (Lipinski definition) is 2. The second-order valence-corrected chi connectivity index (χ2v) is 3.16. The van der Waals surface area contributed by atoms with Gasteiger partial charge in [-0.15, -0.1) is 0 Å². The molecule has 2 aromatic rings. The molecule has 1 heterocycles. The van der Waals surface area contributed by atoms with E-state index in [0.717, 1.165) is 12.0 Å². The molecule has 0 N–H and O–H groups in total. The number of rotatable bonds is 2. The zero-order valence-electron chi connectivity index (χ0n) is 7.22. The molecule has 0 bridgehead atoms. The minimum absolute atomic E-state index is 0.484. The van der Waals surface area contributed by atoms with Gasteiger partial charge in [-0.25, -0.2) is 4.98 Å². The molecular formula is C10H7ClN2O. The third-order valence-electron chi connectivity index (χ3n) is 1.90. The number of para-hydroxylation sites is 1. The molecule has 1 aromatic heterocycles. The van der Waals surface area contributed by atoms with E-state index in [4.69, 9.17) is 11.6 Å². The number of aldehydes is 1. The van der Waals surface area contributed by atoms with Crippen LogP contribution in [0.2, 0.25) is 5.02 Å². The average Bonchev–Trinajstić information content (AvgIpc) is 2.66. The van der Waals surface area contributed by atoms with Crippen LogP contribution in [-0.2, 0) is 0 Å². The molecule has 0 aliphatic carbocycles. The fourth-order valence-corrected chi connectivity index (χ4v) is 1.47. The molecule has 0 saturated heterocycles. The van der Waals surface area contributed by atoms with E-state index in [1.807, 2.05) is 18.2 Å². The summed E-state index contributed by atoms with van der Waals surface area (Å²) in [6.07, 6.45) is 3.80. The lowest BCUT2D eigenvalue weighted by molar-refractivity contribution is 0.111. The number of imidazole rings is 1. The van der Waals surface area contributed by atoms with Crippen molar-refractivity contribution in [2.75, 3.05) is 0 Å². The fourth-order valence-electron chi connectivity index (χ4n) is 1.24. The molecule has 0 spiro atoms. The summed E-state index contributed by atoms with van der Waals surface area (Å²) in [5.41, 5.74) is 1.24. The molecule has 0 aliphatic rings. The molecule has 1 aromatic carbocycles. The van der Waals surface area contributed by atoms with Crippen LogP contribution in [0.3, 0.4) is 0 Å². The Morgan fingerprint density at radius 3 is 2.86 bits per heavy atom. The van der Waals surface area contributed by atoms with Crippen molar-refractivity contribution in [2.45, 2.75) is 0 Å². The molecule has 2 rings (SSSR count). The van der Waals surface area contributed by atoms with Crippen LogP contribution >= 0.6 is 11.6 Å². The van der Waals surface area contributed by atoms with Gasteiger partial charge in [0, 0.05) is 0 Å². The molecular weight excluding hydrogens is 200 g/mol. The Morgan fingerprint density at radius 1 is 1.36 bits per heavy atom. The van der Waals surface area contributed by atoms with E-state index in [1.54, 1.807) is 17.0 Å². The van der Waals surface area contributed by atoms with Gasteiger partial charge in [0.05, 0.1) is 23.2 Å². The Labute approximate surface area is 86.0 Å². The first-order chi connectivity index (χ1) is 6.83. The first-order valence-corrected chi connectivity index (χ1v) is 4.43.